The van der Waals surface area contributed by atoms with Crippen LogP contribution in [0.25, 0.3) is 0 Å². The fourth-order valence-corrected chi connectivity index (χ4v) is 3.86. The number of benzene rings is 2. The highest BCUT2D eigenvalue weighted by Crippen LogP contribution is 2.39. The molecule has 1 saturated carbocycles. The summed E-state index contributed by atoms with van der Waals surface area (Å²) in [6.45, 7) is 1.97. The maximum atomic E-state index is 14.6. The lowest BCUT2D eigenvalue weighted by Gasteiger charge is -2.27. The van der Waals surface area contributed by atoms with Gasteiger partial charge >= 0.3 is 18.2 Å². The molecule has 2 nitrogen and oxygen atoms in total. The van der Waals surface area contributed by atoms with Gasteiger partial charge in [0.15, 0.2) is 0 Å². The Morgan fingerprint density at radius 1 is 0.938 bits per heavy atom. The molecule has 0 spiro atoms. The largest absolute Gasteiger partial charge is 0.429 e. The van der Waals surface area contributed by atoms with Crippen molar-refractivity contribution < 1.29 is 35.8 Å². The molecule has 32 heavy (non-hydrogen) atoms. The third kappa shape index (κ3) is 5.87. The Balaban J connectivity index is 1.68. The Kier molecular flexibility index (Phi) is 7.53. The number of ether oxygens (including phenoxy) is 2. The fraction of sp³-hybridized carbons (Fsp3) is 0.333. The van der Waals surface area contributed by atoms with Crippen molar-refractivity contribution in [3.8, 4) is 11.5 Å². The molecule has 0 saturated heterocycles. The van der Waals surface area contributed by atoms with Crippen LogP contribution in [0.4, 0.5) is 26.3 Å². The molecule has 8 heteroatoms. The van der Waals surface area contributed by atoms with Crippen LogP contribution in [0.5, 0.6) is 11.5 Å². The van der Waals surface area contributed by atoms with Gasteiger partial charge in [-0.05, 0) is 86.4 Å². The van der Waals surface area contributed by atoms with Crippen LogP contribution in [0.2, 0.25) is 0 Å². The number of alkyl halides is 2. The third-order valence-corrected chi connectivity index (χ3v) is 5.44. The Bertz CT molecular complexity index is 972. The van der Waals surface area contributed by atoms with Gasteiger partial charge < -0.3 is 9.47 Å². The summed E-state index contributed by atoms with van der Waals surface area (Å²) in [4.78, 5) is 0. The zero-order valence-corrected chi connectivity index (χ0v) is 17.3. The zero-order chi connectivity index (χ0) is 23.3. The van der Waals surface area contributed by atoms with E-state index in [1.165, 1.54) is 6.07 Å². The number of rotatable bonds is 7. The lowest BCUT2D eigenvalue weighted by molar-refractivity contribution is -0.187. The van der Waals surface area contributed by atoms with E-state index < -0.39 is 29.6 Å². The predicted molar refractivity (Wildman–Crippen MR) is 108 cm³/mol. The summed E-state index contributed by atoms with van der Waals surface area (Å²) in [5.74, 6) is -1.18. The molecule has 0 radical (unpaired) electrons. The Labute approximate surface area is 182 Å². The van der Waals surface area contributed by atoms with E-state index in [9.17, 15) is 26.3 Å². The zero-order valence-electron chi connectivity index (χ0n) is 17.3. The SMILES string of the molecule is CC=CC1CCC(c2ccc(C(F)(F)Oc3ccc(OC(F)=C(F)F)cc3)c(F)c2)CC1. The van der Waals surface area contributed by atoms with Gasteiger partial charge in [-0.2, -0.15) is 22.0 Å². The van der Waals surface area contributed by atoms with E-state index in [0.717, 1.165) is 62.1 Å². The van der Waals surface area contributed by atoms with E-state index in [1.807, 2.05) is 13.0 Å². The minimum absolute atomic E-state index is 0.116. The molecule has 0 aromatic heterocycles. The molecular weight excluding hydrogens is 434 g/mol. The third-order valence-electron chi connectivity index (χ3n) is 5.44. The highest BCUT2D eigenvalue weighted by atomic mass is 19.3. The quantitative estimate of drug-likeness (QED) is 0.237. The van der Waals surface area contributed by atoms with Crippen molar-refractivity contribution in [2.75, 3.05) is 0 Å². The average molecular weight is 456 g/mol. The molecule has 2 aromatic carbocycles. The molecule has 0 bridgehead atoms. The Morgan fingerprint density at radius 3 is 2.12 bits per heavy atom. The van der Waals surface area contributed by atoms with E-state index in [4.69, 9.17) is 0 Å². The summed E-state index contributed by atoms with van der Waals surface area (Å²) < 4.78 is 89.4. The molecule has 0 atom stereocenters. The predicted octanol–water partition coefficient (Wildman–Crippen LogP) is 8.22. The summed E-state index contributed by atoms with van der Waals surface area (Å²) >= 11 is 0. The highest BCUT2D eigenvalue weighted by Gasteiger charge is 2.38. The summed E-state index contributed by atoms with van der Waals surface area (Å²) in [7, 11) is 0. The second kappa shape index (κ2) is 10.1. The minimum atomic E-state index is -3.98. The van der Waals surface area contributed by atoms with Crippen LogP contribution in [0.3, 0.4) is 0 Å². The normalized spacial score (nSPS) is 19.1. The molecule has 1 aliphatic rings. The number of hydrogen-bond acceptors (Lipinski definition) is 2. The molecule has 0 unspecified atom stereocenters. The van der Waals surface area contributed by atoms with Crippen molar-refractivity contribution in [2.24, 2.45) is 5.92 Å². The first-order valence-electron chi connectivity index (χ1n) is 10.2. The van der Waals surface area contributed by atoms with Gasteiger partial charge in [0.25, 0.3) is 0 Å². The van der Waals surface area contributed by atoms with Gasteiger partial charge in [-0.1, -0.05) is 18.2 Å². The van der Waals surface area contributed by atoms with Crippen molar-refractivity contribution >= 4 is 0 Å². The monoisotopic (exact) mass is 456 g/mol. The molecular formula is C24H22F6O2. The van der Waals surface area contributed by atoms with Crippen molar-refractivity contribution in [1.82, 2.24) is 0 Å². The van der Waals surface area contributed by atoms with Crippen LogP contribution >= 0.6 is 0 Å². The fourth-order valence-electron chi connectivity index (χ4n) is 3.86. The van der Waals surface area contributed by atoms with Crippen molar-refractivity contribution in [3.05, 3.63) is 83.7 Å². The van der Waals surface area contributed by atoms with E-state index >= 15 is 0 Å². The minimum Gasteiger partial charge on any atom is -0.429 e. The van der Waals surface area contributed by atoms with E-state index in [-0.39, 0.29) is 17.4 Å². The average Bonchev–Trinajstić information content (AvgIpc) is 2.75. The van der Waals surface area contributed by atoms with Gasteiger partial charge in [-0.3, -0.25) is 0 Å². The van der Waals surface area contributed by atoms with E-state index in [2.05, 4.69) is 15.5 Å². The van der Waals surface area contributed by atoms with Crippen molar-refractivity contribution in [1.29, 1.82) is 0 Å². The van der Waals surface area contributed by atoms with Gasteiger partial charge in [0.2, 0.25) is 0 Å². The molecule has 1 aliphatic carbocycles. The molecule has 0 N–H and O–H groups in total. The van der Waals surface area contributed by atoms with Crippen LogP contribution in [0.1, 0.15) is 49.7 Å². The second-order valence-electron chi connectivity index (χ2n) is 7.60. The second-order valence-corrected chi connectivity index (χ2v) is 7.60. The van der Waals surface area contributed by atoms with E-state index in [1.54, 1.807) is 0 Å². The first-order chi connectivity index (χ1) is 15.2. The first-order valence-corrected chi connectivity index (χ1v) is 10.2. The number of hydrogen-bond donors (Lipinski definition) is 0. The maximum absolute atomic E-state index is 14.6. The van der Waals surface area contributed by atoms with Gasteiger partial charge in [0.1, 0.15) is 17.3 Å². The van der Waals surface area contributed by atoms with Gasteiger partial charge in [-0.25, -0.2) is 4.39 Å². The summed E-state index contributed by atoms with van der Waals surface area (Å²) in [5, 5.41) is 0. The number of allylic oxidation sites excluding steroid dienone is 2. The summed E-state index contributed by atoms with van der Waals surface area (Å²) in [6, 6.07) is 5.43. The van der Waals surface area contributed by atoms with Gasteiger partial charge in [0, 0.05) is 0 Å². The molecule has 0 aliphatic heterocycles. The van der Waals surface area contributed by atoms with Crippen LogP contribution in [0.15, 0.2) is 66.7 Å². The van der Waals surface area contributed by atoms with E-state index in [0.29, 0.717) is 11.5 Å². The lowest BCUT2D eigenvalue weighted by Crippen LogP contribution is -2.23. The molecule has 1 fully saturated rings. The van der Waals surface area contributed by atoms with Gasteiger partial charge in [0.05, 0.1) is 5.56 Å². The number of halogens is 6. The highest BCUT2D eigenvalue weighted by molar-refractivity contribution is 5.34. The molecule has 0 heterocycles. The van der Waals surface area contributed by atoms with Crippen LogP contribution in [0, 0.1) is 11.7 Å². The van der Waals surface area contributed by atoms with Crippen molar-refractivity contribution in [2.45, 2.75) is 44.6 Å². The smallest absolute Gasteiger partial charge is 0.429 e. The molecule has 0 amide bonds. The first kappa shape index (κ1) is 23.8. The lowest BCUT2D eigenvalue weighted by atomic mass is 9.78. The van der Waals surface area contributed by atoms with Crippen molar-refractivity contribution in [3.63, 3.8) is 0 Å². The Hall–Kier alpha value is -2.90. The van der Waals surface area contributed by atoms with Crippen LogP contribution < -0.4 is 9.47 Å². The molecule has 2 aromatic rings. The van der Waals surface area contributed by atoms with Crippen LogP contribution in [-0.2, 0) is 6.11 Å². The van der Waals surface area contributed by atoms with Crippen LogP contribution in [-0.4, -0.2) is 0 Å². The summed E-state index contributed by atoms with van der Waals surface area (Å²) in [5.41, 5.74) is -0.240. The maximum Gasteiger partial charge on any atom is 0.429 e. The molecule has 172 valence electrons. The topological polar surface area (TPSA) is 18.5 Å². The Morgan fingerprint density at radius 2 is 1.56 bits per heavy atom. The van der Waals surface area contributed by atoms with Gasteiger partial charge in [-0.15, -0.1) is 0 Å². The standard InChI is InChI=1S/C24H22F6O2/c1-2-3-15-4-6-16(7-5-15)17-8-13-20(21(25)14-17)24(29,30)32-19-11-9-18(10-12-19)31-23(28)22(26)27/h2-3,8-16H,4-7H2,1H3. The molecule has 3 rings (SSSR count). The summed E-state index contributed by atoms with van der Waals surface area (Å²) in [6.07, 6.45) is 1.19.